The van der Waals surface area contributed by atoms with E-state index in [9.17, 15) is 15.0 Å². The molecule has 0 aliphatic rings. The molecule has 0 spiro atoms. The molecule has 0 saturated heterocycles. The van der Waals surface area contributed by atoms with Crippen LogP contribution in [0.25, 0.3) is 0 Å². The van der Waals surface area contributed by atoms with Crippen molar-refractivity contribution in [2.45, 2.75) is 25.9 Å². The Hall–Kier alpha value is -3.34. The van der Waals surface area contributed by atoms with Crippen molar-refractivity contribution in [1.29, 1.82) is 0 Å². The van der Waals surface area contributed by atoms with Crippen LogP contribution in [-0.2, 0) is 16.0 Å². The summed E-state index contributed by atoms with van der Waals surface area (Å²) >= 11 is 0. The van der Waals surface area contributed by atoms with E-state index in [0.29, 0.717) is 17.6 Å². The summed E-state index contributed by atoms with van der Waals surface area (Å²) in [7, 11) is 0. The number of esters is 1. The predicted octanol–water partition coefficient (Wildman–Crippen LogP) is 4.48. The van der Waals surface area contributed by atoms with E-state index < -0.39 is 6.10 Å². The lowest BCUT2D eigenvalue weighted by Crippen LogP contribution is -2.14. The largest absolute Gasteiger partial charge is 0.504 e. The minimum Gasteiger partial charge on any atom is -0.504 e. The van der Waals surface area contributed by atoms with E-state index in [1.54, 1.807) is 31.5 Å². The lowest BCUT2D eigenvalue weighted by Gasteiger charge is -2.19. The van der Waals surface area contributed by atoms with E-state index in [0.717, 1.165) is 5.56 Å². The van der Waals surface area contributed by atoms with Gasteiger partial charge in [-0.25, -0.2) is 0 Å². The molecule has 1 atom stereocenters. The van der Waals surface area contributed by atoms with Crippen molar-refractivity contribution in [2.24, 2.45) is 4.99 Å². The number of rotatable bonds is 8. The summed E-state index contributed by atoms with van der Waals surface area (Å²) in [6, 6.07) is 13.7. The molecule has 0 aliphatic carbocycles. The standard InChI is InChI=1S/C22H23NO4/c1-3-23-12-11-16(2)13-21(18-9-10-19(24)20(25)15-18)27-22(26)14-17-7-5-4-6-8-17/h3-12,15,21,24-25H,2,13-14H2,1H3/b12-11-,23-3-. The van der Waals surface area contributed by atoms with Gasteiger partial charge in [0, 0.05) is 18.8 Å². The van der Waals surface area contributed by atoms with Gasteiger partial charge in [0.15, 0.2) is 11.5 Å². The monoisotopic (exact) mass is 365 g/mol. The fourth-order valence-corrected chi connectivity index (χ4v) is 2.47. The highest BCUT2D eigenvalue weighted by molar-refractivity contribution is 5.73. The molecule has 0 aromatic heterocycles. The number of phenols is 2. The van der Waals surface area contributed by atoms with Crippen LogP contribution in [0.2, 0.25) is 0 Å². The Morgan fingerprint density at radius 3 is 2.59 bits per heavy atom. The highest BCUT2D eigenvalue weighted by Crippen LogP contribution is 2.32. The second kappa shape index (κ2) is 9.97. The van der Waals surface area contributed by atoms with Crippen LogP contribution in [-0.4, -0.2) is 22.4 Å². The summed E-state index contributed by atoms with van der Waals surface area (Å²) in [6.45, 7) is 5.77. The molecular formula is C22H23NO4. The number of carbonyl (C=O) groups is 1. The van der Waals surface area contributed by atoms with Crippen LogP contribution in [0.5, 0.6) is 11.5 Å². The highest BCUT2D eigenvalue weighted by Gasteiger charge is 2.19. The fourth-order valence-electron chi connectivity index (χ4n) is 2.47. The zero-order chi connectivity index (χ0) is 19.6. The minimum absolute atomic E-state index is 0.143. The van der Waals surface area contributed by atoms with Crippen molar-refractivity contribution in [3.05, 3.63) is 84.1 Å². The summed E-state index contributed by atoms with van der Waals surface area (Å²) in [5, 5.41) is 19.3. The maximum Gasteiger partial charge on any atom is 0.310 e. The second-order valence-electron chi connectivity index (χ2n) is 5.97. The molecule has 2 N–H and O–H groups in total. The van der Waals surface area contributed by atoms with Gasteiger partial charge in [0.2, 0.25) is 0 Å². The van der Waals surface area contributed by atoms with Gasteiger partial charge in [-0.1, -0.05) is 43.0 Å². The van der Waals surface area contributed by atoms with Crippen LogP contribution in [0.1, 0.15) is 30.6 Å². The minimum atomic E-state index is -0.643. The van der Waals surface area contributed by atoms with E-state index in [-0.39, 0.29) is 23.9 Å². The van der Waals surface area contributed by atoms with Gasteiger partial charge in [0.05, 0.1) is 6.42 Å². The van der Waals surface area contributed by atoms with Gasteiger partial charge in [-0.05, 0) is 41.8 Å². The van der Waals surface area contributed by atoms with E-state index in [1.807, 2.05) is 30.3 Å². The first-order chi connectivity index (χ1) is 13.0. The first-order valence-corrected chi connectivity index (χ1v) is 8.57. The SMILES string of the molecule is C=C(/C=C\N=C/C)CC(OC(=O)Cc1ccccc1)c1ccc(O)c(O)c1. The van der Waals surface area contributed by atoms with Crippen LogP contribution in [0.4, 0.5) is 0 Å². The van der Waals surface area contributed by atoms with Crippen molar-refractivity contribution >= 4 is 12.2 Å². The maximum absolute atomic E-state index is 12.4. The van der Waals surface area contributed by atoms with Gasteiger partial charge >= 0.3 is 5.97 Å². The number of aliphatic imine (C=N–C) groups is 1. The molecule has 27 heavy (non-hydrogen) atoms. The van der Waals surface area contributed by atoms with Crippen LogP contribution in [0, 0.1) is 0 Å². The zero-order valence-corrected chi connectivity index (χ0v) is 15.2. The van der Waals surface area contributed by atoms with E-state index in [4.69, 9.17) is 4.74 Å². The Morgan fingerprint density at radius 1 is 1.19 bits per heavy atom. The number of benzene rings is 2. The van der Waals surface area contributed by atoms with Crippen LogP contribution in [0.15, 0.2) is 78.0 Å². The normalized spacial score (nSPS) is 12.3. The molecule has 5 heteroatoms. The number of phenolic OH excluding ortho intramolecular Hbond substituents is 2. The van der Waals surface area contributed by atoms with Crippen LogP contribution in [0.3, 0.4) is 0 Å². The molecule has 2 aromatic rings. The molecular weight excluding hydrogens is 342 g/mol. The summed E-state index contributed by atoms with van der Waals surface area (Å²) in [5.41, 5.74) is 2.14. The number of allylic oxidation sites excluding steroid dienone is 1. The Morgan fingerprint density at radius 2 is 1.93 bits per heavy atom. The lowest BCUT2D eigenvalue weighted by atomic mass is 10.0. The van der Waals surface area contributed by atoms with Crippen molar-refractivity contribution in [1.82, 2.24) is 0 Å². The van der Waals surface area contributed by atoms with Gasteiger partial charge in [0.1, 0.15) is 6.10 Å². The van der Waals surface area contributed by atoms with Gasteiger partial charge in [-0.3, -0.25) is 9.79 Å². The Balaban J connectivity index is 2.16. The van der Waals surface area contributed by atoms with Gasteiger partial charge in [0.25, 0.3) is 0 Å². The zero-order valence-electron chi connectivity index (χ0n) is 15.2. The number of hydrogen-bond donors (Lipinski definition) is 2. The molecule has 0 radical (unpaired) electrons. The van der Waals surface area contributed by atoms with Crippen molar-refractivity contribution in [2.75, 3.05) is 0 Å². The molecule has 2 aromatic carbocycles. The van der Waals surface area contributed by atoms with Crippen LogP contribution < -0.4 is 0 Å². The Labute approximate surface area is 159 Å². The third-order valence-electron chi connectivity index (χ3n) is 3.83. The van der Waals surface area contributed by atoms with Crippen molar-refractivity contribution < 1.29 is 19.7 Å². The first kappa shape index (κ1) is 20.0. The molecule has 0 aliphatic heterocycles. The average Bonchev–Trinajstić information content (AvgIpc) is 2.64. The molecule has 2 rings (SSSR count). The molecule has 0 saturated carbocycles. The molecule has 0 bridgehead atoms. The predicted molar refractivity (Wildman–Crippen MR) is 106 cm³/mol. The van der Waals surface area contributed by atoms with E-state index in [1.165, 1.54) is 12.1 Å². The fraction of sp³-hybridized carbons (Fsp3) is 0.182. The number of hydrogen-bond acceptors (Lipinski definition) is 5. The first-order valence-electron chi connectivity index (χ1n) is 8.57. The summed E-state index contributed by atoms with van der Waals surface area (Å²) < 4.78 is 5.65. The van der Waals surface area contributed by atoms with Gasteiger partial charge in [-0.15, -0.1) is 0 Å². The molecule has 0 heterocycles. The molecule has 5 nitrogen and oxygen atoms in total. The third-order valence-corrected chi connectivity index (χ3v) is 3.83. The maximum atomic E-state index is 12.4. The average molecular weight is 365 g/mol. The van der Waals surface area contributed by atoms with Crippen molar-refractivity contribution in [3.8, 4) is 11.5 Å². The van der Waals surface area contributed by atoms with Gasteiger partial charge in [-0.2, -0.15) is 0 Å². The Bertz CT molecular complexity index is 841. The number of nitrogens with zero attached hydrogens (tertiary/aromatic N) is 1. The number of carbonyl (C=O) groups excluding carboxylic acids is 1. The molecule has 0 amide bonds. The molecule has 140 valence electrons. The van der Waals surface area contributed by atoms with E-state index in [2.05, 4.69) is 11.6 Å². The Kier molecular flexibility index (Phi) is 7.37. The highest BCUT2D eigenvalue weighted by atomic mass is 16.5. The number of aromatic hydroxyl groups is 2. The molecule has 1 unspecified atom stereocenters. The second-order valence-corrected chi connectivity index (χ2v) is 5.97. The van der Waals surface area contributed by atoms with E-state index >= 15 is 0 Å². The van der Waals surface area contributed by atoms with Crippen molar-refractivity contribution in [3.63, 3.8) is 0 Å². The quantitative estimate of drug-likeness (QED) is 0.313. The van der Waals surface area contributed by atoms with Gasteiger partial charge < -0.3 is 14.9 Å². The lowest BCUT2D eigenvalue weighted by molar-refractivity contribution is -0.148. The van der Waals surface area contributed by atoms with Crippen LogP contribution >= 0.6 is 0 Å². The summed E-state index contributed by atoms with van der Waals surface area (Å²) in [5.74, 6) is -0.889. The molecule has 0 fully saturated rings. The summed E-state index contributed by atoms with van der Waals surface area (Å²) in [6.07, 6.45) is 4.83. The summed E-state index contributed by atoms with van der Waals surface area (Å²) in [4.78, 5) is 16.4. The topological polar surface area (TPSA) is 79.1 Å². The number of ether oxygens (including phenoxy) is 1. The third kappa shape index (κ3) is 6.47. The smallest absolute Gasteiger partial charge is 0.310 e.